The number of rotatable bonds is 5. The highest BCUT2D eigenvalue weighted by Crippen LogP contribution is 2.17. The van der Waals surface area contributed by atoms with Gasteiger partial charge in [0.1, 0.15) is 5.58 Å². The van der Waals surface area contributed by atoms with Gasteiger partial charge in [-0.1, -0.05) is 35.9 Å². The van der Waals surface area contributed by atoms with Gasteiger partial charge in [0, 0.05) is 11.1 Å². The van der Waals surface area contributed by atoms with Gasteiger partial charge in [0.15, 0.2) is 12.0 Å². The van der Waals surface area contributed by atoms with E-state index in [1.807, 2.05) is 6.07 Å². The highest BCUT2D eigenvalue weighted by Gasteiger charge is 2.16. The van der Waals surface area contributed by atoms with Crippen LogP contribution in [0.1, 0.15) is 29.1 Å². The highest BCUT2D eigenvalue weighted by atomic mass is 35.5. The Morgan fingerprint density at radius 1 is 1.15 bits per heavy atom. The molecule has 27 heavy (non-hydrogen) atoms. The lowest BCUT2D eigenvalue weighted by molar-refractivity contribution is -0.124. The Labute approximate surface area is 159 Å². The predicted molar refractivity (Wildman–Crippen MR) is 101 cm³/mol. The van der Waals surface area contributed by atoms with Crippen LogP contribution < -0.4 is 10.7 Å². The summed E-state index contributed by atoms with van der Waals surface area (Å²) in [5.41, 5.74) is 0.738. The lowest BCUT2D eigenvalue weighted by Gasteiger charge is -2.14. The zero-order valence-electron chi connectivity index (χ0n) is 14.4. The number of nitrogens with one attached hydrogen (secondary N) is 1. The minimum Gasteiger partial charge on any atom is -0.450 e. The van der Waals surface area contributed by atoms with Crippen LogP contribution in [-0.2, 0) is 9.53 Å². The molecule has 0 spiro atoms. The van der Waals surface area contributed by atoms with Gasteiger partial charge in [-0.3, -0.25) is 9.59 Å². The van der Waals surface area contributed by atoms with Gasteiger partial charge in [0.05, 0.1) is 11.4 Å². The summed E-state index contributed by atoms with van der Waals surface area (Å²) in [4.78, 5) is 36.1. The number of carbonyl (C=O) groups is 2. The molecule has 1 heterocycles. The van der Waals surface area contributed by atoms with E-state index in [1.165, 1.54) is 0 Å². The minimum atomic E-state index is -0.886. The maximum absolute atomic E-state index is 12.1. The second kappa shape index (κ2) is 8.05. The molecule has 0 saturated carbocycles. The Morgan fingerprint density at radius 2 is 1.93 bits per heavy atom. The van der Waals surface area contributed by atoms with Crippen molar-refractivity contribution in [2.75, 3.05) is 6.61 Å². The van der Waals surface area contributed by atoms with Gasteiger partial charge in [0.25, 0.3) is 5.91 Å². The average molecular weight is 386 g/mol. The first kappa shape index (κ1) is 18.7. The number of benzene rings is 2. The number of hydrogen-bond acceptors (Lipinski definition) is 5. The van der Waals surface area contributed by atoms with E-state index in [0.717, 1.165) is 11.6 Å². The summed E-state index contributed by atoms with van der Waals surface area (Å²) in [6.45, 7) is 1.29. The van der Waals surface area contributed by atoms with E-state index in [-0.39, 0.29) is 22.8 Å². The standard InChI is InChI=1S/C20H16ClNO5/c1-12(13-5-4-6-14(21)9-13)22-19(24)11-26-20(25)18-10-16(23)15-7-2-3-8-17(15)27-18/h2-10,12H,11H2,1H3,(H,22,24)/t12-/m0/s1. The van der Waals surface area contributed by atoms with Crippen molar-refractivity contribution in [2.45, 2.75) is 13.0 Å². The smallest absolute Gasteiger partial charge is 0.374 e. The summed E-state index contributed by atoms with van der Waals surface area (Å²) in [7, 11) is 0. The number of fused-ring (bicyclic) bond motifs is 1. The first-order valence-electron chi connectivity index (χ1n) is 8.19. The normalized spacial score (nSPS) is 11.8. The van der Waals surface area contributed by atoms with Crippen molar-refractivity contribution in [3.63, 3.8) is 0 Å². The number of carbonyl (C=O) groups excluding carboxylic acids is 2. The van der Waals surface area contributed by atoms with Crippen LogP contribution in [0.3, 0.4) is 0 Å². The Kier molecular flexibility index (Phi) is 5.57. The zero-order valence-corrected chi connectivity index (χ0v) is 15.2. The van der Waals surface area contributed by atoms with E-state index >= 15 is 0 Å². The fourth-order valence-corrected chi connectivity index (χ4v) is 2.75. The predicted octanol–water partition coefficient (Wildman–Crippen LogP) is 3.48. The third-order valence-corrected chi connectivity index (χ3v) is 4.13. The van der Waals surface area contributed by atoms with Crippen LogP contribution in [0.5, 0.6) is 0 Å². The molecule has 0 saturated heterocycles. The van der Waals surface area contributed by atoms with Gasteiger partial charge >= 0.3 is 5.97 Å². The van der Waals surface area contributed by atoms with Gasteiger partial charge in [-0.15, -0.1) is 0 Å². The SMILES string of the molecule is C[C@H](NC(=O)COC(=O)c1cc(=O)c2ccccc2o1)c1cccc(Cl)c1. The van der Waals surface area contributed by atoms with Crippen molar-refractivity contribution < 1.29 is 18.7 Å². The van der Waals surface area contributed by atoms with Crippen molar-refractivity contribution in [3.8, 4) is 0 Å². The van der Waals surface area contributed by atoms with Gasteiger partial charge in [-0.25, -0.2) is 4.79 Å². The first-order chi connectivity index (χ1) is 12.9. The largest absolute Gasteiger partial charge is 0.450 e. The molecular formula is C20H16ClNO5. The van der Waals surface area contributed by atoms with Crippen molar-refractivity contribution >= 4 is 34.4 Å². The lowest BCUT2D eigenvalue weighted by atomic mass is 10.1. The maximum atomic E-state index is 12.1. The van der Waals surface area contributed by atoms with E-state index < -0.39 is 18.5 Å². The summed E-state index contributed by atoms with van der Waals surface area (Å²) in [6.07, 6.45) is 0. The number of hydrogen-bond donors (Lipinski definition) is 1. The summed E-state index contributed by atoms with van der Waals surface area (Å²) in [5, 5.41) is 3.63. The maximum Gasteiger partial charge on any atom is 0.374 e. The summed E-state index contributed by atoms with van der Waals surface area (Å²) in [5.74, 6) is -1.63. The Morgan fingerprint density at radius 3 is 2.70 bits per heavy atom. The topological polar surface area (TPSA) is 85.6 Å². The molecule has 2 aromatic carbocycles. The Balaban J connectivity index is 1.62. The first-order valence-corrected chi connectivity index (χ1v) is 8.56. The molecule has 6 nitrogen and oxygen atoms in total. The monoisotopic (exact) mass is 385 g/mol. The molecule has 0 aliphatic rings. The fraction of sp³-hybridized carbons (Fsp3) is 0.150. The van der Waals surface area contributed by atoms with Gasteiger partial charge < -0.3 is 14.5 Å². The number of amides is 1. The number of para-hydroxylation sites is 1. The molecular weight excluding hydrogens is 370 g/mol. The number of halogens is 1. The van der Waals surface area contributed by atoms with E-state index in [2.05, 4.69) is 5.32 Å². The van der Waals surface area contributed by atoms with Crippen LogP contribution >= 0.6 is 11.6 Å². The van der Waals surface area contributed by atoms with Crippen LogP contribution in [0.15, 0.2) is 63.8 Å². The fourth-order valence-electron chi connectivity index (χ4n) is 2.55. The minimum absolute atomic E-state index is 0.255. The summed E-state index contributed by atoms with van der Waals surface area (Å²) < 4.78 is 10.3. The molecule has 1 atom stereocenters. The van der Waals surface area contributed by atoms with Crippen LogP contribution in [-0.4, -0.2) is 18.5 Å². The van der Waals surface area contributed by atoms with Crippen molar-refractivity contribution in [3.05, 3.63) is 81.2 Å². The average Bonchev–Trinajstić information content (AvgIpc) is 2.66. The molecule has 138 valence electrons. The van der Waals surface area contributed by atoms with Crippen LogP contribution in [0, 0.1) is 0 Å². The molecule has 7 heteroatoms. The van der Waals surface area contributed by atoms with Gasteiger partial charge in [-0.05, 0) is 36.8 Å². The highest BCUT2D eigenvalue weighted by molar-refractivity contribution is 6.30. The van der Waals surface area contributed by atoms with Crippen molar-refractivity contribution in [1.29, 1.82) is 0 Å². The molecule has 0 aliphatic carbocycles. The van der Waals surface area contributed by atoms with Crippen LogP contribution in [0.4, 0.5) is 0 Å². The molecule has 1 amide bonds. The summed E-state index contributed by atoms with van der Waals surface area (Å²) >= 11 is 5.93. The summed E-state index contributed by atoms with van der Waals surface area (Å²) in [6, 6.07) is 14.4. The van der Waals surface area contributed by atoms with Crippen molar-refractivity contribution in [1.82, 2.24) is 5.32 Å². The van der Waals surface area contributed by atoms with E-state index in [4.69, 9.17) is 20.8 Å². The number of ether oxygens (including phenoxy) is 1. The number of esters is 1. The van der Waals surface area contributed by atoms with Crippen LogP contribution in [0.2, 0.25) is 5.02 Å². The van der Waals surface area contributed by atoms with Gasteiger partial charge in [0.2, 0.25) is 5.76 Å². The third-order valence-electron chi connectivity index (χ3n) is 3.90. The van der Waals surface area contributed by atoms with E-state index in [1.54, 1.807) is 49.4 Å². The molecule has 3 aromatic rings. The second-order valence-corrected chi connectivity index (χ2v) is 6.33. The molecule has 1 N–H and O–H groups in total. The van der Waals surface area contributed by atoms with E-state index in [9.17, 15) is 14.4 Å². The van der Waals surface area contributed by atoms with Gasteiger partial charge in [-0.2, -0.15) is 0 Å². The zero-order chi connectivity index (χ0) is 19.4. The Hall–Kier alpha value is -3.12. The Bertz CT molecular complexity index is 1060. The second-order valence-electron chi connectivity index (χ2n) is 5.89. The molecule has 0 radical (unpaired) electrons. The molecule has 1 aromatic heterocycles. The molecule has 0 unspecified atom stereocenters. The van der Waals surface area contributed by atoms with Crippen molar-refractivity contribution in [2.24, 2.45) is 0 Å². The quantitative estimate of drug-likeness (QED) is 0.679. The molecule has 0 aliphatic heterocycles. The third kappa shape index (κ3) is 4.54. The van der Waals surface area contributed by atoms with Crippen LogP contribution in [0.25, 0.3) is 11.0 Å². The molecule has 3 rings (SSSR count). The lowest BCUT2D eigenvalue weighted by Crippen LogP contribution is -2.31. The molecule has 0 bridgehead atoms. The van der Waals surface area contributed by atoms with E-state index in [0.29, 0.717) is 10.4 Å². The molecule has 0 fully saturated rings.